The van der Waals surface area contributed by atoms with Gasteiger partial charge in [-0.05, 0) is 25.0 Å². The lowest BCUT2D eigenvalue weighted by atomic mass is 9.76. The molecule has 2 aromatic carbocycles. The van der Waals surface area contributed by atoms with E-state index in [1.807, 2.05) is 74.5 Å². The Morgan fingerprint density at radius 1 is 1.04 bits per heavy atom. The Morgan fingerprint density at radius 2 is 1.54 bits per heavy atom. The van der Waals surface area contributed by atoms with Crippen molar-refractivity contribution < 1.29 is 14.3 Å². The number of ether oxygens (including phenoxy) is 2. The third-order valence-corrected chi connectivity index (χ3v) is 5.04. The smallest absolute Gasteiger partial charge is 0.321 e. The van der Waals surface area contributed by atoms with Crippen LogP contribution in [0, 0.1) is 0 Å². The summed E-state index contributed by atoms with van der Waals surface area (Å²) < 4.78 is 11.3. The molecule has 0 saturated carbocycles. The summed E-state index contributed by atoms with van der Waals surface area (Å²) in [4.78, 5) is 15.5. The average molecular weight is 353 g/mol. The molecule has 0 N–H and O–H groups in total. The van der Waals surface area contributed by atoms with Crippen LogP contribution >= 0.6 is 0 Å². The summed E-state index contributed by atoms with van der Waals surface area (Å²) in [5.41, 5.74) is 1.05. The number of hydrogen-bond donors (Lipinski definition) is 0. The monoisotopic (exact) mass is 353 g/mol. The van der Waals surface area contributed by atoms with Crippen LogP contribution in [-0.2, 0) is 19.7 Å². The molecule has 0 bridgehead atoms. The zero-order valence-electron chi connectivity index (χ0n) is 15.6. The van der Waals surface area contributed by atoms with Crippen molar-refractivity contribution in [3.8, 4) is 0 Å². The quantitative estimate of drug-likeness (QED) is 0.747. The second-order valence-corrected chi connectivity index (χ2v) is 6.99. The second-order valence-electron chi connectivity index (χ2n) is 6.99. The average Bonchev–Trinajstić information content (AvgIpc) is 2.69. The van der Waals surface area contributed by atoms with E-state index in [0.717, 1.165) is 44.0 Å². The second kappa shape index (κ2) is 8.47. The van der Waals surface area contributed by atoms with E-state index in [1.54, 1.807) is 0 Å². The van der Waals surface area contributed by atoms with E-state index in [4.69, 9.17) is 9.47 Å². The molecule has 26 heavy (non-hydrogen) atoms. The molecule has 1 heterocycles. The molecule has 1 aliphatic heterocycles. The molecule has 1 atom stereocenters. The topological polar surface area (TPSA) is 38.8 Å². The fourth-order valence-corrected chi connectivity index (χ4v) is 3.43. The van der Waals surface area contributed by atoms with Gasteiger partial charge in [-0.15, -0.1) is 0 Å². The van der Waals surface area contributed by atoms with E-state index in [2.05, 4.69) is 4.90 Å². The van der Waals surface area contributed by atoms with Crippen molar-refractivity contribution in [2.75, 3.05) is 32.8 Å². The number of hydrogen-bond acceptors (Lipinski definition) is 4. The van der Waals surface area contributed by atoms with Crippen LogP contribution in [0.4, 0.5) is 0 Å². The van der Waals surface area contributed by atoms with Crippen molar-refractivity contribution in [3.05, 3.63) is 71.8 Å². The Labute approximate surface area is 155 Å². The van der Waals surface area contributed by atoms with Crippen LogP contribution < -0.4 is 0 Å². The summed E-state index contributed by atoms with van der Waals surface area (Å²) >= 11 is 0. The number of carbonyl (C=O) groups excluding carboxylic acids is 1. The van der Waals surface area contributed by atoms with Gasteiger partial charge in [0.05, 0.1) is 13.2 Å². The molecule has 1 aliphatic rings. The van der Waals surface area contributed by atoms with Gasteiger partial charge >= 0.3 is 5.97 Å². The molecule has 0 spiro atoms. The first-order chi connectivity index (χ1) is 12.6. The Kier molecular flexibility index (Phi) is 6.07. The number of rotatable bonds is 6. The van der Waals surface area contributed by atoms with E-state index in [0.29, 0.717) is 0 Å². The Bertz CT molecular complexity index is 656. The standard InChI is InChI=1S/C22H27NO3/c1-18(17-23-13-15-25-16-14-23)26-21(24)22(2,19-9-5-3-6-10-19)20-11-7-4-8-12-20/h3-12,18H,13-17H2,1-2H3/t18-/m0/s1. The fraction of sp³-hybridized carbons (Fsp3) is 0.409. The van der Waals surface area contributed by atoms with E-state index in [1.165, 1.54) is 0 Å². The summed E-state index contributed by atoms with van der Waals surface area (Å²) in [7, 11) is 0. The highest BCUT2D eigenvalue weighted by Gasteiger charge is 2.39. The third kappa shape index (κ3) is 4.14. The summed E-state index contributed by atoms with van der Waals surface area (Å²) in [5.74, 6) is -0.212. The lowest BCUT2D eigenvalue weighted by molar-refractivity contribution is -0.154. The minimum Gasteiger partial charge on any atom is -0.460 e. The number of morpholine rings is 1. The minimum absolute atomic E-state index is 0.174. The summed E-state index contributed by atoms with van der Waals surface area (Å²) in [6, 6.07) is 19.7. The molecule has 0 unspecified atom stereocenters. The van der Waals surface area contributed by atoms with Crippen molar-refractivity contribution >= 4 is 5.97 Å². The van der Waals surface area contributed by atoms with Crippen molar-refractivity contribution in [2.24, 2.45) is 0 Å². The van der Waals surface area contributed by atoms with Crippen LogP contribution in [-0.4, -0.2) is 49.8 Å². The van der Waals surface area contributed by atoms with Crippen LogP contribution in [0.25, 0.3) is 0 Å². The summed E-state index contributed by atoms with van der Waals surface area (Å²) in [6.07, 6.45) is -0.174. The zero-order valence-corrected chi connectivity index (χ0v) is 15.6. The van der Waals surface area contributed by atoms with E-state index >= 15 is 0 Å². The predicted molar refractivity (Wildman–Crippen MR) is 102 cm³/mol. The van der Waals surface area contributed by atoms with Crippen LogP contribution in [0.3, 0.4) is 0 Å². The van der Waals surface area contributed by atoms with Gasteiger partial charge in [-0.2, -0.15) is 0 Å². The molecule has 0 aromatic heterocycles. The van der Waals surface area contributed by atoms with Crippen LogP contribution in [0.5, 0.6) is 0 Å². The highest BCUT2D eigenvalue weighted by atomic mass is 16.5. The molecule has 0 amide bonds. The minimum atomic E-state index is -0.832. The maximum Gasteiger partial charge on any atom is 0.321 e. The van der Waals surface area contributed by atoms with Crippen LogP contribution in [0.15, 0.2) is 60.7 Å². The van der Waals surface area contributed by atoms with Gasteiger partial charge in [-0.1, -0.05) is 60.7 Å². The lowest BCUT2D eigenvalue weighted by Crippen LogP contribution is -2.43. The Balaban J connectivity index is 1.79. The molecule has 0 radical (unpaired) electrons. The zero-order chi connectivity index (χ0) is 18.4. The van der Waals surface area contributed by atoms with Crippen LogP contribution in [0.1, 0.15) is 25.0 Å². The molecule has 1 saturated heterocycles. The molecule has 2 aromatic rings. The largest absolute Gasteiger partial charge is 0.460 e. The molecular formula is C22H27NO3. The van der Waals surface area contributed by atoms with Crippen molar-refractivity contribution in [2.45, 2.75) is 25.4 Å². The van der Waals surface area contributed by atoms with Gasteiger partial charge < -0.3 is 9.47 Å². The molecule has 4 heteroatoms. The van der Waals surface area contributed by atoms with Gasteiger partial charge in [0.1, 0.15) is 11.5 Å². The molecular weight excluding hydrogens is 326 g/mol. The van der Waals surface area contributed by atoms with Crippen molar-refractivity contribution in [3.63, 3.8) is 0 Å². The SMILES string of the molecule is C[C@@H](CN1CCOCC1)OC(=O)C(C)(c1ccccc1)c1ccccc1. The number of nitrogens with zero attached hydrogens (tertiary/aromatic N) is 1. The molecule has 3 rings (SSSR count). The number of carbonyl (C=O) groups is 1. The van der Waals surface area contributed by atoms with Gasteiger partial charge in [0, 0.05) is 19.6 Å². The van der Waals surface area contributed by atoms with Crippen molar-refractivity contribution in [1.82, 2.24) is 4.90 Å². The normalized spacial score (nSPS) is 16.8. The van der Waals surface area contributed by atoms with E-state index in [-0.39, 0.29) is 12.1 Å². The first-order valence-corrected chi connectivity index (χ1v) is 9.23. The van der Waals surface area contributed by atoms with Gasteiger partial charge in [-0.25, -0.2) is 0 Å². The molecule has 1 fully saturated rings. The first-order valence-electron chi connectivity index (χ1n) is 9.23. The first kappa shape index (κ1) is 18.6. The summed E-state index contributed by atoms with van der Waals surface area (Å²) in [6.45, 7) is 7.89. The van der Waals surface area contributed by atoms with E-state index < -0.39 is 5.41 Å². The summed E-state index contributed by atoms with van der Waals surface area (Å²) in [5, 5.41) is 0. The number of esters is 1. The fourth-order valence-electron chi connectivity index (χ4n) is 3.43. The number of benzene rings is 2. The van der Waals surface area contributed by atoms with Gasteiger partial charge in [-0.3, -0.25) is 9.69 Å². The van der Waals surface area contributed by atoms with E-state index in [9.17, 15) is 4.79 Å². The maximum absolute atomic E-state index is 13.3. The highest BCUT2D eigenvalue weighted by Crippen LogP contribution is 2.33. The van der Waals surface area contributed by atoms with Gasteiger partial charge in [0.15, 0.2) is 0 Å². The Hall–Kier alpha value is -2.17. The molecule has 0 aliphatic carbocycles. The lowest BCUT2D eigenvalue weighted by Gasteiger charge is -2.32. The third-order valence-electron chi connectivity index (χ3n) is 5.04. The van der Waals surface area contributed by atoms with Gasteiger partial charge in [0.25, 0.3) is 0 Å². The van der Waals surface area contributed by atoms with Gasteiger partial charge in [0.2, 0.25) is 0 Å². The maximum atomic E-state index is 13.3. The van der Waals surface area contributed by atoms with Crippen molar-refractivity contribution in [1.29, 1.82) is 0 Å². The molecule has 138 valence electrons. The predicted octanol–water partition coefficient (Wildman–Crippen LogP) is 3.26. The Morgan fingerprint density at radius 3 is 2.04 bits per heavy atom. The van der Waals surface area contributed by atoms with Crippen LogP contribution in [0.2, 0.25) is 0 Å². The molecule has 4 nitrogen and oxygen atoms in total. The highest BCUT2D eigenvalue weighted by molar-refractivity contribution is 5.87.